The first-order chi connectivity index (χ1) is 7.82. The van der Waals surface area contributed by atoms with E-state index in [0.29, 0.717) is 13.2 Å². The molecule has 0 radical (unpaired) electrons. The van der Waals surface area contributed by atoms with Gasteiger partial charge in [-0.15, -0.1) is 0 Å². The summed E-state index contributed by atoms with van der Waals surface area (Å²) < 4.78 is 10.4. The van der Waals surface area contributed by atoms with E-state index in [0.717, 1.165) is 0 Å². The van der Waals surface area contributed by atoms with Crippen molar-refractivity contribution in [2.24, 2.45) is 0 Å². The van der Waals surface area contributed by atoms with Gasteiger partial charge in [0.15, 0.2) is 6.10 Å². The molecule has 0 aromatic heterocycles. The van der Waals surface area contributed by atoms with Crippen molar-refractivity contribution in [3.05, 3.63) is 0 Å². The van der Waals surface area contributed by atoms with Gasteiger partial charge in [0.2, 0.25) is 0 Å². The Labute approximate surface area is 100 Å². The van der Waals surface area contributed by atoms with Crippen LogP contribution in [-0.2, 0) is 19.1 Å². The lowest BCUT2D eigenvalue weighted by molar-refractivity contribution is -0.166. The number of hydrogen-bond acceptors (Lipinski definition) is 4. The van der Waals surface area contributed by atoms with Crippen LogP contribution in [0.15, 0.2) is 0 Å². The zero-order chi connectivity index (χ0) is 13.1. The van der Waals surface area contributed by atoms with Crippen molar-refractivity contribution in [3.8, 4) is 0 Å². The van der Waals surface area contributed by atoms with Gasteiger partial charge in [-0.2, -0.15) is 0 Å². The van der Waals surface area contributed by atoms with Crippen LogP contribution in [0, 0.1) is 0 Å². The second kappa shape index (κ2) is 5.46. The lowest BCUT2D eigenvalue weighted by Crippen LogP contribution is -2.54. The van der Waals surface area contributed by atoms with Crippen LogP contribution in [0.4, 0.5) is 0 Å². The maximum absolute atomic E-state index is 12.1. The number of rotatable bonds is 3. The molecule has 0 saturated carbocycles. The van der Waals surface area contributed by atoms with Crippen LogP contribution in [0.25, 0.3) is 0 Å². The van der Waals surface area contributed by atoms with Crippen LogP contribution in [0.5, 0.6) is 0 Å². The zero-order valence-electron chi connectivity index (χ0n) is 10.4. The molecule has 6 nitrogen and oxygen atoms in total. The summed E-state index contributed by atoms with van der Waals surface area (Å²) in [6, 6.07) is 0. The summed E-state index contributed by atoms with van der Waals surface area (Å²) in [7, 11) is 0. The Morgan fingerprint density at radius 3 is 2.41 bits per heavy atom. The van der Waals surface area contributed by atoms with Gasteiger partial charge in [-0.05, 0) is 20.8 Å². The number of aliphatic carboxylic acids is 1. The fourth-order valence-electron chi connectivity index (χ4n) is 1.59. The van der Waals surface area contributed by atoms with Gasteiger partial charge < -0.3 is 19.5 Å². The molecule has 1 amide bonds. The van der Waals surface area contributed by atoms with Crippen molar-refractivity contribution >= 4 is 11.9 Å². The lowest BCUT2D eigenvalue weighted by Gasteiger charge is -2.37. The Balaban J connectivity index is 2.74. The molecular formula is C11H19NO5. The third-order valence-electron chi connectivity index (χ3n) is 2.46. The lowest BCUT2D eigenvalue weighted by atomic mass is 10.0. The number of carbonyl (C=O) groups is 2. The monoisotopic (exact) mass is 245 g/mol. The van der Waals surface area contributed by atoms with E-state index in [2.05, 4.69) is 0 Å². The quantitative estimate of drug-likeness (QED) is 0.764. The Morgan fingerprint density at radius 1 is 1.35 bits per heavy atom. The summed E-state index contributed by atoms with van der Waals surface area (Å²) in [5, 5.41) is 8.83. The highest BCUT2D eigenvalue weighted by Gasteiger charge is 2.34. The van der Waals surface area contributed by atoms with Gasteiger partial charge in [0, 0.05) is 5.54 Å². The fourth-order valence-corrected chi connectivity index (χ4v) is 1.59. The smallest absolute Gasteiger partial charge is 0.323 e. The van der Waals surface area contributed by atoms with Crippen molar-refractivity contribution in [1.82, 2.24) is 4.90 Å². The molecule has 0 aromatic carbocycles. The molecule has 1 N–H and O–H groups in total. The van der Waals surface area contributed by atoms with E-state index in [9.17, 15) is 9.59 Å². The van der Waals surface area contributed by atoms with Gasteiger partial charge in [-0.3, -0.25) is 9.59 Å². The average Bonchev–Trinajstić information content (AvgIpc) is 2.24. The number of hydrogen-bond donors (Lipinski definition) is 1. The largest absolute Gasteiger partial charge is 0.480 e. The fraction of sp³-hybridized carbons (Fsp3) is 0.818. The van der Waals surface area contributed by atoms with Crippen molar-refractivity contribution < 1.29 is 24.2 Å². The average molecular weight is 245 g/mol. The molecule has 1 aliphatic rings. The van der Waals surface area contributed by atoms with Crippen LogP contribution in [0.2, 0.25) is 0 Å². The highest BCUT2D eigenvalue weighted by molar-refractivity contribution is 5.85. The molecule has 1 saturated heterocycles. The standard InChI is InChI=1S/C11H19NO5/c1-11(2,3)12(6-9(13)14)10(15)8-7-16-4-5-17-8/h8H,4-7H2,1-3H3,(H,13,14). The normalized spacial score (nSPS) is 21.0. The molecule has 0 aliphatic carbocycles. The van der Waals surface area contributed by atoms with E-state index < -0.39 is 17.6 Å². The molecule has 1 unspecified atom stereocenters. The molecule has 6 heteroatoms. The molecule has 0 bridgehead atoms. The Kier molecular flexibility index (Phi) is 4.47. The van der Waals surface area contributed by atoms with Gasteiger partial charge in [-0.1, -0.05) is 0 Å². The summed E-state index contributed by atoms with van der Waals surface area (Å²) in [6.45, 7) is 6.06. The van der Waals surface area contributed by atoms with Crippen molar-refractivity contribution in [3.63, 3.8) is 0 Å². The van der Waals surface area contributed by atoms with E-state index in [1.54, 1.807) is 20.8 Å². The topological polar surface area (TPSA) is 76.1 Å². The minimum Gasteiger partial charge on any atom is -0.480 e. The minimum atomic E-state index is -1.04. The second-order valence-electron chi connectivity index (χ2n) is 4.92. The Morgan fingerprint density at radius 2 is 2.00 bits per heavy atom. The van der Waals surface area contributed by atoms with Crippen LogP contribution in [-0.4, -0.2) is 59.9 Å². The number of amides is 1. The third-order valence-corrected chi connectivity index (χ3v) is 2.46. The van der Waals surface area contributed by atoms with E-state index in [4.69, 9.17) is 14.6 Å². The predicted octanol–water partition coefficient (Wildman–Crippen LogP) is 0.114. The van der Waals surface area contributed by atoms with E-state index in [1.165, 1.54) is 4.90 Å². The van der Waals surface area contributed by atoms with Gasteiger partial charge in [0.1, 0.15) is 6.54 Å². The molecule has 17 heavy (non-hydrogen) atoms. The highest BCUT2D eigenvalue weighted by Crippen LogP contribution is 2.16. The predicted molar refractivity (Wildman–Crippen MR) is 59.7 cm³/mol. The van der Waals surface area contributed by atoms with Gasteiger partial charge in [-0.25, -0.2) is 0 Å². The van der Waals surface area contributed by atoms with Crippen LogP contribution < -0.4 is 0 Å². The van der Waals surface area contributed by atoms with E-state index in [-0.39, 0.29) is 19.1 Å². The third kappa shape index (κ3) is 3.98. The molecule has 1 fully saturated rings. The molecule has 0 aromatic rings. The Bertz CT molecular complexity index is 291. The molecule has 1 aliphatic heterocycles. The first-order valence-electron chi connectivity index (χ1n) is 5.55. The maximum Gasteiger partial charge on any atom is 0.323 e. The molecule has 1 atom stereocenters. The number of ether oxygens (including phenoxy) is 2. The van der Waals surface area contributed by atoms with Gasteiger partial charge in [0.25, 0.3) is 5.91 Å². The molecule has 0 spiro atoms. The molecule has 1 heterocycles. The SMILES string of the molecule is CC(C)(C)N(CC(=O)O)C(=O)C1COCCO1. The van der Waals surface area contributed by atoms with Gasteiger partial charge in [0.05, 0.1) is 19.8 Å². The summed E-state index contributed by atoms with van der Waals surface area (Å²) in [6.07, 6.45) is -0.692. The molecule has 98 valence electrons. The number of carboxylic acid groups (broad SMARTS) is 1. The molecule has 1 rings (SSSR count). The number of nitrogens with zero attached hydrogens (tertiary/aromatic N) is 1. The van der Waals surface area contributed by atoms with E-state index >= 15 is 0 Å². The maximum atomic E-state index is 12.1. The summed E-state index contributed by atoms with van der Waals surface area (Å²) in [5.74, 6) is -1.37. The van der Waals surface area contributed by atoms with Crippen LogP contribution in [0.1, 0.15) is 20.8 Å². The second-order valence-corrected chi connectivity index (χ2v) is 4.92. The van der Waals surface area contributed by atoms with Crippen LogP contribution in [0.3, 0.4) is 0 Å². The zero-order valence-corrected chi connectivity index (χ0v) is 10.4. The summed E-state index contributed by atoms with van der Waals surface area (Å²) >= 11 is 0. The van der Waals surface area contributed by atoms with Crippen molar-refractivity contribution in [2.75, 3.05) is 26.4 Å². The first kappa shape index (κ1) is 13.9. The number of carboxylic acids is 1. The van der Waals surface area contributed by atoms with Crippen LogP contribution >= 0.6 is 0 Å². The summed E-state index contributed by atoms with van der Waals surface area (Å²) in [5.41, 5.74) is -0.559. The minimum absolute atomic E-state index is 0.186. The Hall–Kier alpha value is -1.14. The summed E-state index contributed by atoms with van der Waals surface area (Å²) in [4.78, 5) is 24.2. The molecular weight excluding hydrogens is 226 g/mol. The van der Waals surface area contributed by atoms with Gasteiger partial charge >= 0.3 is 5.97 Å². The van der Waals surface area contributed by atoms with Crippen molar-refractivity contribution in [2.45, 2.75) is 32.4 Å². The van der Waals surface area contributed by atoms with Crippen molar-refractivity contribution in [1.29, 1.82) is 0 Å². The number of carbonyl (C=O) groups excluding carboxylic acids is 1. The highest BCUT2D eigenvalue weighted by atomic mass is 16.6. The van der Waals surface area contributed by atoms with E-state index in [1.807, 2.05) is 0 Å². The first-order valence-corrected chi connectivity index (χ1v) is 5.55.